The number of rotatable bonds is 7. The van der Waals surface area contributed by atoms with E-state index in [1.165, 1.54) is 18.2 Å². The summed E-state index contributed by atoms with van der Waals surface area (Å²) >= 11 is 0. The summed E-state index contributed by atoms with van der Waals surface area (Å²) in [5.74, 6) is -5.00. The molecule has 0 aliphatic carbocycles. The summed E-state index contributed by atoms with van der Waals surface area (Å²) in [5, 5.41) is 76.9. The molecule has 5 atom stereocenters. The molecule has 0 unspecified atom stereocenters. The summed E-state index contributed by atoms with van der Waals surface area (Å²) < 4.78 is 16.8. The summed E-state index contributed by atoms with van der Waals surface area (Å²) in [6.45, 7) is -0.383. The van der Waals surface area contributed by atoms with Gasteiger partial charge in [-0.15, -0.1) is 0 Å². The number of aliphatic imine (C=N–C) groups is 1. The van der Waals surface area contributed by atoms with Crippen LogP contribution in [0.15, 0.2) is 68.8 Å². The third-order valence-electron chi connectivity index (χ3n) is 8.17. The minimum absolute atomic E-state index is 0.00489. The number of nitrogens with two attached hydrogens (primary N) is 2. The summed E-state index contributed by atoms with van der Waals surface area (Å²) in [6.07, 6.45) is -6.85. The molecule has 0 amide bonds. The normalized spacial score (nSPS) is 23.4. The Balaban J connectivity index is 1.43. The van der Waals surface area contributed by atoms with Crippen molar-refractivity contribution >= 4 is 34.7 Å². The van der Waals surface area contributed by atoms with Crippen LogP contribution < -0.4 is 26.9 Å². The van der Waals surface area contributed by atoms with Crippen molar-refractivity contribution in [2.75, 3.05) is 6.54 Å². The number of hydrogen-bond acceptors (Lipinski definition) is 13. The first kappa shape index (κ1) is 32.1. The highest BCUT2D eigenvalue weighted by Gasteiger charge is 2.58. The molecule has 4 aromatic rings. The highest BCUT2D eigenvalue weighted by atomic mass is 16.7. The Hall–Kier alpha value is -5.81. The number of aliphatic hydroxyl groups is 3. The molecular formula is C32H30N4O12. The van der Waals surface area contributed by atoms with Gasteiger partial charge < -0.3 is 66.4 Å². The third kappa shape index (κ3) is 5.58. The minimum Gasteiger partial charge on any atom is -0.508 e. The Labute approximate surface area is 270 Å². The second kappa shape index (κ2) is 12.1. The van der Waals surface area contributed by atoms with Gasteiger partial charge in [0.2, 0.25) is 12.0 Å². The molecule has 2 aliphatic heterocycles. The Morgan fingerprint density at radius 3 is 2.50 bits per heavy atom. The second-order valence-corrected chi connectivity index (χ2v) is 11.3. The highest BCUT2D eigenvalue weighted by molar-refractivity contribution is 5.92. The van der Waals surface area contributed by atoms with Gasteiger partial charge in [0.05, 0.1) is 6.54 Å². The zero-order valence-electron chi connectivity index (χ0n) is 24.8. The summed E-state index contributed by atoms with van der Waals surface area (Å²) in [4.78, 5) is 28.7. The number of carbonyl (C=O) groups is 1. The number of aliphatic hydroxyl groups excluding tert-OH is 2. The molecule has 12 N–H and O–H groups in total. The molecule has 3 heterocycles. The van der Waals surface area contributed by atoms with E-state index in [4.69, 9.17) is 25.4 Å². The van der Waals surface area contributed by atoms with Crippen LogP contribution in [0.2, 0.25) is 0 Å². The smallest absolute Gasteiger partial charge is 0.335 e. The number of aromatic hydroxyl groups is 3. The van der Waals surface area contributed by atoms with Crippen LogP contribution in [-0.2, 0) is 16.1 Å². The number of nitrogens with zero attached hydrogens (tertiary/aromatic N) is 1. The lowest BCUT2D eigenvalue weighted by Gasteiger charge is -2.45. The average molecular weight is 663 g/mol. The van der Waals surface area contributed by atoms with Gasteiger partial charge in [0, 0.05) is 35.5 Å². The van der Waals surface area contributed by atoms with Crippen molar-refractivity contribution < 1.29 is 54.4 Å². The van der Waals surface area contributed by atoms with Gasteiger partial charge in [-0.3, -0.25) is 9.79 Å². The van der Waals surface area contributed by atoms with E-state index in [9.17, 15) is 45.3 Å². The number of carboxylic acids is 1. The molecule has 1 fully saturated rings. The molecule has 3 aromatic carbocycles. The van der Waals surface area contributed by atoms with Crippen LogP contribution in [0.4, 0.5) is 0 Å². The number of phenolic OH excluding ortho intramolecular Hbond substituents is 3. The predicted molar refractivity (Wildman–Crippen MR) is 169 cm³/mol. The number of phenols is 3. The van der Waals surface area contributed by atoms with E-state index in [2.05, 4.69) is 10.3 Å². The molecule has 0 radical (unpaired) electrons. The SMILES string of the molecule is NC(N)=NC[C@]1(O)[C@H](O)[C@@H](C(=O)O)O[C@@H](Oc2cc3oc(-c4ccc(O)cc4C4=Cc5ccccc5CN4)cc(=O)c3c(O)c2O)[C@@H]1O. The number of aliphatic carboxylic acids is 1. The maximum absolute atomic E-state index is 13.3. The predicted octanol–water partition coefficient (Wildman–Crippen LogP) is 0.0927. The van der Waals surface area contributed by atoms with Gasteiger partial charge in [-0.2, -0.15) is 0 Å². The van der Waals surface area contributed by atoms with Crippen molar-refractivity contribution in [2.24, 2.45) is 16.5 Å². The van der Waals surface area contributed by atoms with Gasteiger partial charge in [-0.05, 0) is 35.4 Å². The van der Waals surface area contributed by atoms with E-state index in [0.29, 0.717) is 23.4 Å². The molecule has 2 aliphatic rings. The zero-order valence-corrected chi connectivity index (χ0v) is 24.8. The fraction of sp³-hybridized carbons (Fsp3) is 0.219. The standard InChI is InChI=1S/C32H30N4O12/c33-31(34)36-12-32(45)27(41)26(29(43)44)48-30(28(32)42)47-22-10-21-23(25(40)24(22)39)19(38)9-20(46-21)16-6-5-15(37)8-17(16)18-7-13-3-1-2-4-14(13)11-35-18/h1-10,26-28,30,35,37,39-42,45H,11-12H2,(H,43,44)(H4,33,34,36)/t26-,27+,28-,30+,32-/m0/s1. The Morgan fingerprint density at radius 2 is 1.77 bits per heavy atom. The van der Waals surface area contributed by atoms with Gasteiger partial charge in [-0.1, -0.05) is 24.3 Å². The van der Waals surface area contributed by atoms with Crippen molar-refractivity contribution in [1.29, 1.82) is 0 Å². The molecule has 0 bridgehead atoms. The molecule has 6 rings (SSSR count). The fourth-order valence-corrected chi connectivity index (χ4v) is 5.65. The van der Waals surface area contributed by atoms with E-state index in [1.807, 2.05) is 30.3 Å². The molecular weight excluding hydrogens is 632 g/mol. The number of ether oxygens (including phenoxy) is 2. The number of guanidine groups is 1. The summed E-state index contributed by atoms with van der Waals surface area (Å²) in [5.41, 5.74) is 10.3. The lowest BCUT2D eigenvalue weighted by molar-refractivity contribution is -0.303. The van der Waals surface area contributed by atoms with Gasteiger partial charge in [0.25, 0.3) is 0 Å². The maximum atomic E-state index is 13.3. The van der Waals surface area contributed by atoms with Gasteiger partial charge in [0.15, 0.2) is 29.0 Å². The van der Waals surface area contributed by atoms with Crippen molar-refractivity contribution in [3.05, 3.63) is 81.5 Å². The van der Waals surface area contributed by atoms with E-state index < -0.39 is 76.7 Å². The average Bonchev–Trinajstić information content (AvgIpc) is 3.05. The quantitative estimate of drug-likeness (QED) is 0.0713. The summed E-state index contributed by atoms with van der Waals surface area (Å²) in [7, 11) is 0. The van der Waals surface area contributed by atoms with Gasteiger partial charge in [-0.25, -0.2) is 4.79 Å². The minimum atomic E-state index is -2.72. The molecule has 16 nitrogen and oxygen atoms in total. The molecule has 0 saturated carbocycles. The zero-order chi connectivity index (χ0) is 34.5. The lowest BCUT2D eigenvalue weighted by Crippen LogP contribution is -2.70. The van der Waals surface area contributed by atoms with Crippen molar-refractivity contribution in [2.45, 2.75) is 36.7 Å². The highest BCUT2D eigenvalue weighted by Crippen LogP contribution is 2.44. The first-order valence-corrected chi connectivity index (χ1v) is 14.4. The van der Waals surface area contributed by atoms with Crippen LogP contribution in [0.3, 0.4) is 0 Å². The van der Waals surface area contributed by atoms with Crippen LogP contribution >= 0.6 is 0 Å². The first-order valence-electron chi connectivity index (χ1n) is 14.4. The number of hydrogen-bond donors (Lipinski definition) is 10. The van der Waals surface area contributed by atoms with Gasteiger partial charge >= 0.3 is 5.97 Å². The van der Waals surface area contributed by atoms with E-state index in [-0.39, 0.29) is 17.1 Å². The van der Waals surface area contributed by atoms with Gasteiger partial charge in [0.1, 0.15) is 40.3 Å². The molecule has 16 heteroatoms. The Kier molecular flexibility index (Phi) is 8.09. The van der Waals surface area contributed by atoms with Crippen LogP contribution in [0.25, 0.3) is 34.1 Å². The summed E-state index contributed by atoms with van der Waals surface area (Å²) in [6, 6.07) is 14.2. The van der Waals surface area contributed by atoms with E-state index >= 15 is 0 Å². The molecule has 250 valence electrons. The molecule has 1 saturated heterocycles. The largest absolute Gasteiger partial charge is 0.508 e. The van der Waals surface area contributed by atoms with E-state index in [0.717, 1.165) is 23.3 Å². The third-order valence-corrected chi connectivity index (χ3v) is 8.17. The first-order chi connectivity index (χ1) is 22.8. The van der Waals surface area contributed by atoms with Crippen molar-refractivity contribution in [1.82, 2.24) is 5.32 Å². The van der Waals surface area contributed by atoms with Crippen LogP contribution in [-0.4, -0.2) is 84.4 Å². The number of benzene rings is 3. The fourth-order valence-electron chi connectivity index (χ4n) is 5.65. The van der Waals surface area contributed by atoms with E-state index in [1.54, 1.807) is 0 Å². The Morgan fingerprint density at radius 1 is 1.02 bits per heavy atom. The monoisotopic (exact) mass is 662 g/mol. The number of fused-ring (bicyclic) bond motifs is 2. The molecule has 48 heavy (non-hydrogen) atoms. The topological polar surface area (TPSA) is 284 Å². The maximum Gasteiger partial charge on any atom is 0.335 e. The van der Waals surface area contributed by atoms with Crippen LogP contribution in [0, 0.1) is 0 Å². The Bertz CT molecular complexity index is 2060. The number of carboxylic acid groups (broad SMARTS) is 1. The van der Waals surface area contributed by atoms with Crippen LogP contribution in [0.5, 0.6) is 23.0 Å². The lowest BCUT2D eigenvalue weighted by atomic mass is 9.84. The van der Waals surface area contributed by atoms with Crippen molar-refractivity contribution in [3.63, 3.8) is 0 Å². The van der Waals surface area contributed by atoms with Crippen LogP contribution in [0.1, 0.15) is 16.7 Å². The molecule has 0 spiro atoms. The molecule has 1 aromatic heterocycles. The number of nitrogens with one attached hydrogen (secondary N) is 1. The second-order valence-electron chi connectivity index (χ2n) is 11.3. The van der Waals surface area contributed by atoms with Crippen molar-refractivity contribution in [3.8, 4) is 34.3 Å².